The van der Waals surface area contributed by atoms with Crippen molar-refractivity contribution in [1.82, 2.24) is 14.5 Å². The van der Waals surface area contributed by atoms with Crippen LogP contribution in [0.25, 0.3) is 0 Å². The fraction of sp³-hybridized carbons (Fsp3) is 0.643. The van der Waals surface area contributed by atoms with Gasteiger partial charge in [-0.05, 0) is 36.8 Å². The van der Waals surface area contributed by atoms with Gasteiger partial charge in [-0.2, -0.15) is 0 Å². The molecule has 8 heteroatoms. The lowest BCUT2D eigenvalue weighted by Crippen LogP contribution is -2.49. The topological polar surface area (TPSA) is 69.7 Å². The maximum absolute atomic E-state index is 12.2. The minimum atomic E-state index is -3.17. The van der Waals surface area contributed by atoms with E-state index in [0.717, 1.165) is 0 Å². The molecule has 2 amide bonds. The van der Waals surface area contributed by atoms with Crippen LogP contribution in [-0.2, 0) is 16.6 Å². The molecule has 0 saturated carbocycles. The van der Waals surface area contributed by atoms with Gasteiger partial charge in [0, 0.05) is 31.1 Å². The summed E-state index contributed by atoms with van der Waals surface area (Å²) >= 11 is 1.64. The number of sulfonamides is 1. The van der Waals surface area contributed by atoms with Crippen LogP contribution in [0.4, 0.5) is 4.79 Å². The van der Waals surface area contributed by atoms with E-state index in [9.17, 15) is 13.2 Å². The van der Waals surface area contributed by atoms with Gasteiger partial charge >= 0.3 is 6.03 Å². The number of carbonyl (C=O) groups is 1. The van der Waals surface area contributed by atoms with Crippen LogP contribution in [0.2, 0.25) is 0 Å². The molecule has 22 heavy (non-hydrogen) atoms. The van der Waals surface area contributed by atoms with Gasteiger partial charge in [0.15, 0.2) is 0 Å². The molecule has 2 rings (SSSR count). The second kappa shape index (κ2) is 6.97. The lowest BCUT2D eigenvalue weighted by Gasteiger charge is -2.35. The maximum Gasteiger partial charge on any atom is 0.317 e. The zero-order chi connectivity index (χ0) is 16.3. The number of carbonyl (C=O) groups excluding carboxylic acids is 1. The Morgan fingerprint density at radius 1 is 1.45 bits per heavy atom. The Kier molecular flexibility index (Phi) is 5.46. The third-order valence-electron chi connectivity index (χ3n) is 4.16. The van der Waals surface area contributed by atoms with Crippen LogP contribution >= 0.6 is 11.3 Å². The van der Waals surface area contributed by atoms with Gasteiger partial charge in [0.25, 0.3) is 0 Å². The first-order chi connectivity index (χ1) is 10.3. The van der Waals surface area contributed by atoms with E-state index in [1.54, 1.807) is 23.3 Å². The minimum Gasteiger partial charge on any atom is -0.333 e. The van der Waals surface area contributed by atoms with E-state index in [1.165, 1.54) is 21.0 Å². The smallest absolute Gasteiger partial charge is 0.317 e. The molecule has 6 nitrogen and oxygen atoms in total. The van der Waals surface area contributed by atoms with Crippen LogP contribution in [0.3, 0.4) is 0 Å². The zero-order valence-electron chi connectivity index (χ0n) is 13.2. The minimum absolute atomic E-state index is 0.0152. The van der Waals surface area contributed by atoms with Gasteiger partial charge in [-0.3, -0.25) is 0 Å². The molecule has 0 aromatic carbocycles. The van der Waals surface area contributed by atoms with Crippen LogP contribution in [0, 0.1) is 6.92 Å². The molecule has 1 saturated heterocycles. The molecular weight excluding hydrogens is 322 g/mol. The van der Waals surface area contributed by atoms with E-state index in [4.69, 9.17) is 0 Å². The molecular formula is C14H23N3O3S2. The molecule has 124 valence electrons. The van der Waals surface area contributed by atoms with Crippen molar-refractivity contribution in [1.29, 1.82) is 0 Å². The van der Waals surface area contributed by atoms with E-state index in [1.807, 2.05) is 18.4 Å². The Balaban J connectivity index is 1.81. The van der Waals surface area contributed by atoms with E-state index in [-0.39, 0.29) is 12.1 Å². The second-order valence-electron chi connectivity index (χ2n) is 5.68. The van der Waals surface area contributed by atoms with Crippen molar-refractivity contribution in [2.45, 2.75) is 32.4 Å². The summed E-state index contributed by atoms with van der Waals surface area (Å²) < 4.78 is 24.5. The monoisotopic (exact) mass is 345 g/mol. The van der Waals surface area contributed by atoms with Crippen LogP contribution < -0.4 is 5.32 Å². The Bertz CT molecular complexity index is 619. The molecule has 1 aromatic rings. The highest BCUT2D eigenvalue weighted by atomic mass is 32.2. The summed E-state index contributed by atoms with van der Waals surface area (Å²) in [7, 11) is -1.56. The third kappa shape index (κ3) is 4.21. The maximum atomic E-state index is 12.2. The number of amides is 2. The van der Waals surface area contributed by atoms with Gasteiger partial charge < -0.3 is 10.2 Å². The average Bonchev–Trinajstić information content (AvgIpc) is 2.88. The molecule has 1 N–H and O–H groups in total. The third-order valence-corrected chi connectivity index (χ3v) is 6.52. The Morgan fingerprint density at radius 3 is 2.59 bits per heavy atom. The van der Waals surface area contributed by atoms with Crippen LogP contribution in [0.15, 0.2) is 11.4 Å². The number of hydrogen-bond donors (Lipinski definition) is 1. The lowest BCUT2D eigenvalue weighted by atomic mass is 10.1. The van der Waals surface area contributed by atoms with E-state index >= 15 is 0 Å². The van der Waals surface area contributed by atoms with Gasteiger partial charge in [0.2, 0.25) is 10.0 Å². The number of likely N-dealkylation sites (tertiary alicyclic amines) is 1. The summed E-state index contributed by atoms with van der Waals surface area (Å²) in [6.45, 7) is 3.75. The normalized spacial score (nSPS) is 17.0. The number of rotatable bonds is 4. The first-order valence-corrected chi connectivity index (χ1v) is 10.0. The van der Waals surface area contributed by atoms with Crippen molar-refractivity contribution in [3.05, 3.63) is 21.9 Å². The standard InChI is InChI=1S/C14H23N3O3S2/c1-11-6-9-21-13(11)10-15-14(18)17-7-4-12(5-8-17)16(2)22(3,19)20/h6,9,12H,4-5,7-8,10H2,1-3H3,(H,15,18). The first kappa shape index (κ1) is 17.2. The molecule has 0 aliphatic carbocycles. The van der Waals surface area contributed by atoms with Crippen molar-refractivity contribution in [3.63, 3.8) is 0 Å². The fourth-order valence-electron chi connectivity index (χ4n) is 2.56. The van der Waals surface area contributed by atoms with Crippen LogP contribution in [-0.4, -0.2) is 56.1 Å². The molecule has 2 heterocycles. The van der Waals surface area contributed by atoms with E-state index in [0.29, 0.717) is 32.5 Å². The van der Waals surface area contributed by atoms with Gasteiger partial charge in [0.05, 0.1) is 12.8 Å². The Hall–Kier alpha value is -1.12. The summed E-state index contributed by atoms with van der Waals surface area (Å²) in [6, 6.07) is 1.95. The van der Waals surface area contributed by atoms with E-state index < -0.39 is 10.0 Å². The quantitative estimate of drug-likeness (QED) is 0.901. The SMILES string of the molecule is Cc1ccsc1CNC(=O)N1CCC(N(C)S(C)(=O)=O)CC1. The predicted molar refractivity (Wildman–Crippen MR) is 88.5 cm³/mol. The zero-order valence-corrected chi connectivity index (χ0v) is 14.8. The molecule has 0 unspecified atom stereocenters. The molecule has 1 aliphatic rings. The van der Waals surface area contributed by atoms with Gasteiger partial charge in [-0.15, -0.1) is 11.3 Å². The molecule has 0 spiro atoms. The molecule has 1 fully saturated rings. The van der Waals surface area contributed by atoms with Crippen molar-refractivity contribution >= 4 is 27.4 Å². The number of hydrogen-bond acceptors (Lipinski definition) is 4. The average molecular weight is 345 g/mol. The molecule has 0 bridgehead atoms. The number of nitrogens with zero attached hydrogens (tertiary/aromatic N) is 2. The lowest BCUT2D eigenvalue weighted by molar-refractivity contribution is 0.164. The highest BCUT2D eigenvalue weighted by Gasteiger charge is 2.28. The predicted octanol–water partition coefficient (Wildman–Crippen LogP) is 1.62. The molecule has 0 radical (unpaired) electrons. The number of piperidine rings is 1. The summed E-state index contributed by atoms with van der Waals surface area (Å²) in [6.07, 6.45) is 2.57. The van der Waals surface area contributed by atoms with Gasteiger partial charge in [-0.1, -0.05) is 0 Å². The summed E-state index contributed by atoms with van der Waals surface area (Å²) in [5.41, 5.74) is 1.19. The van der Waals surface area contributed by atoms with Crippen molar-refractivity contribution < 1.29 is 13.2 Å². The number of nitrogens with one attached hydrogen (secondary N) is 1. The highest BCUT2D eigenvalue weighted by Crippen LogP contribution is 2.18. The summed E-state index contributed by atoms with van der Waals surface area (Å²) in [4.78, 5) is 15.1. The molecule has 0 atom stereocenters. The summed E-state index contributed by atoms with van der Waals surface area (Å²) in [5, 5.41) is 4.95. The first-order valence-electron chi connectivity index (χ1n) is 7.28. The number of aryl methyl sites for hydroxylation is 1. The van der Waals surface area contributed by atoms with Gasteiger partial charge in [0.1, 0.15) is 0 Å². The fourth-order valence-corrected chi connectivity index (χ4v) is 4.15. The van der Waals surface area contributed by atoms with Crippen molar-refractivity contribution in [2.24, 2.45) is 0 Å². The van der Waals surface area contributed by atoms with Crippen molar-refractivity contribution in [2.75, 3.05) is 26.4 Å². The Morgan fingerprint density at radius 2 is 2.09 bits per heavy atom. The van der Waals surface area contributed by atoms with Crippen molar-refractivity contribution in [3.8, 4) is 0 Å². The number of thiophene rings is 1. The Labute approximate surface area is 136 Å². The largest absolute Gasteiger partial charge is 0.333 e. The molecule has 1 aliphatic heterocycles. The van der Waals surface area contributed by atoms with Crippen LogP contribution in [0.5, 0.6) is 0 Å². The second-order valence-corrected chi connectivity index (χ2v) is 8.73. The van der Waals surface area contributed by atoms with Crippen LogP contribution in [0.1, 0.15) is 23.3 Å². The highest BCUT2D eigenvalue weighted by molar-refractivity contribution is 7.88. The summed E-state index contributed by atoms with van der Waals surface area (Å²) in [5.74, 6) is 0. The van der Waals surface area contributed by atoms with Gasteiger partial charge in [-0.25, -0.2) is 17.5 Å². The van der Waals surface area contributed by atoms with E-state index in [2.05, 4.69) is 5.32 Å². The number of urea groups is 1. The molecule has 1 aromatic heterocycles.